The maximum Gasteiger partial charge on any atom is 0.416 e. The Kier molecular flexibility index (Phi) is 10.0. The fourth-order valence-corrected chi connectivity index (χ4v) is 6.07. The van der Waals surface area contributed by atoms with Crippen molar-refractivity contribution in [1.29, 1.82) is 0 Å². The van der Waals surface area contributed by atoms with E-state index in [1.165, 1.54) is 28.6 Å². The van der Waals surface area contributed by atoms with Crippen LogP contribution in [0.25, 0.3) is 6.08 Å². The van der Waals surface area contributed by atoms with Gasteiger partial charge in [0.25, 0.3) is 5.91 Å². The van der Waals surface area contributed by atoms with E-state index in [0.29, 0.717) is 43.6 Å². The van der Waals surface area contributed by atoms with Crippen molar-refractivity contribution < 1.29 is 35.5 Å². The van der Waals surface area contributed by atoms with Gasteiger partial charge in [0.15, 0.2) is 0 Å². The zero-order valence-electron chi connectivity index (χ0n) is 22.9. The minimum atomic E-state index is -4.65. The highest BCUT2D eigenvalue weighted by atomic mass is 32.2. The van der Waals surface area contributed by atoms with E-state index < -0.39 is 32.5 Å². The number of hydrogen-bond acceptors (Lipinski definition) is 5. The van der Waals surface area contributed by atoms with Gasteiger partial charge in [-0.3, -0.25) is 9.69 Å². The van der Waals surface area contributed by atoms with E-state index in [9.17, 15) is 30.8 Å². The molecule has 1 heterocycles. The maximum atomic E-state index is 13.4. The van der Waals surface area contributed by atoms with Crippen LogP contribution in [0.3, 0.4) is 0 Å². The number of halogens is 4. The molecule has 0 N–H and O–H groups in total. The lowest BCUT2D eigenvalue weighted by Gasteiger charge is -2.35. The maximum absolute atomic E-state index is 13.4. The molecule has 42 heavy (non-hydrogen) atoms. The first kappa shape index (κ1) is 31.2. The molecule has 1 amide bonds. The lowest BCUT2D eigenvalue weighted by Crippen LogP contribution is -2.50. The first-order chi connectivity index (χ1) is 20.0. The molecule has 1 fully saturated rings. The monoisotopic (exact) mass is 605 g/mol. The van der Waals surface area contributed by atoms with E-state index in [1.807, 2.05) is 41.3 Å². The fraction of sp³-hybridized carbons (Fsp3) is 0.300. The van der Waals surface area contributed by atoms with E-state index in [0.717, 1.165) is 23.8 Å². The molecule has 3 aromatic rings. The SMILES string of the molecule is COc1ccccc1/C=C/CN(CCN1CCN(S(=O)(=O)c2cccc(C(F)(F)F)c2)CC1)C(=O)c1ccc(F)cc1. The standard InChI is InChI=1S/C30H31F4N3O4S/c1-41-28-10-3-2-6-23(28)7-5-15-36(29(38)24-11-13-26(31)14-12-24)19-16-35-17-20-37(21-18-35)42(39,40)27-9-4-8-25(22-27)30(32,33)34/h2-14,22H,15-21H2,1H3/b7-5+. The van der Waals surface area contributed by atoms with Crippen molar-refractivity contribution in [2.45, 2.75) is 11.1 Å². The lowest BCUT2D eigenvalue weighted by atomic mass is 10.1. The Hall–Kier alpha value is -3.74. The van der Waals surface area contributed by atoms with Crippen LogP contribution in [-0.4, -0.2) is 81.4 Å². The largest absolute Gasteiger partial charge is 0.496 e. The number of nitrogens with zero attached hydrogens (tertiary/aromatic N) is 3. The third-order valence-corrected chi connectivity index (χ3v) is 8.85. The second-order valence-corrected chi connectivity index (χ2v) is 11.6. The van der Waals surface area contributed by atoms with Crippen molar-refractivity contribution in [2.24, 2.45) is 0 Å². The molecule has 0 unspecified atom stereocenters. The molecule has 0 spiro atoms. The normalized spacial score (nSPS) is 15.2. The zero-order chi connectivity index (χ0) is 30.3. The summed E-state index contributed by atoms with van der Waals surface area (Å²) in [6.45, 7) is 1.88. The van der Waals surface area contributed by atoms with E-state index in [1.54, 1.807) is 12.0 Å². The number of hydrogen-bond donors (Lipinski definition) is 0. The summed E-state index contributed by atoms with van der Waals surface area (Å²) in [5.74, 6) is -0.0549. The number of sulfonamides is 1. The van der Waals surface area contributed by atoms with Gasteiger partial charge in [0.2, 0.25) is 10.0 Å². The molecule has 4 rings (SSSR count). The summed E-state index contributed by atoms with van der Waals surface area (Å²) >= 11 is 0. The molecular weight excluding hydrogens is 574 g/mol. The third-order valence-electron chi connectivity index (χ3n) is 6.96. The quantitative estimate of drug-likeness (QED) is 0.304. The Labute approximate surface area is 242 Å². The number of amides is 1. The Balaban J connectivity index is 1.40. The number of methoxy groups -OCH3 is 1. The first-order valence-corrected chi connectivity index (χ1v) is 14.7. The predicted octanol–water partition coefficient (Wildman–Crippen LogP) is 5.02. The van der Waals surface area contributed by atoms with Gasteiger partial charge in [-0.1, -0.05) is 36.4 Å². The number of rotatable bonds is 10. The van der Waals surface area contributed by atoms with Crippen molar-refractivity contribution in [1.82, 2.24) is 14.1 Å². The Morgan fingerprint density at radius 2 is 1.67 bits per heavy atom. The van der Waals surface area contributed by atoms with Gasteiger partial charge >= 0.3 is 6.18 Å². The molecule has 12 heteroatoms. The molecule has 0 radical (unpaired) electrons. The van der Waals surface area contributed by atoms with Crippen molar-refractivity contribution in [3.05, 3.63) is 101 Å². The molecule has 224 valence electrons. The fourth-order valence-electron chi connectivity index (χ4n) is 4.60. The van der Waals surface area contributed by atoms with Crippen molar-refractivity contribution in [3.63, 3.8) is 0 Å². The van der Waals surface area contributed by atoms with Crippen molar-refractivity contribution in [2.75, 3.05) is 52.9 Å². The predicted molar refractivity (Wildman–Crippen MR) is 151 cm³/mol. The van der Waals surface area contributed by atoms with E-state index in [-0.39, 0.29) is 25.5 Å². The second-order valence-electron chi connectivity index (χ2n) is 9.67. The second kappa shape index (κ2) is 13.5. The average molecular weight is 606 g/mol. The van der Waals surface area contributed by atoms with Crippen LogP contribution in [0.1, 0.15) is 21.5 Å². The van der Waals surface area contributed by atoms with Gasteiger partial charge in [-0.05, 0) is 48.5 Å². The molecule has 0 atom stereocenters. The summed E-state index contributed by atoms with van der Waals surface area (Å²) in [6, 6.07) is 16.5. The minimum Gasteiger partial charge on any atom is -0.496 e. The zero-order valence-corrected chi connectivity index (χ0v) is 23.7. The molecular formula is C30H31F4N3O4S. The van der Waals surface area contributed by atoms with Crippen LogP contribution >= 0.6 is 0 Å². The molecule has 1 saturated heterocycles. The van der Waals surface area contributed by atoms with Gasteiger partial charge in [-0.15, -0.1) is 0 Å². The minimum absolute atomic E-state index is 0.0954. The summed E-state index contributed by atoms with van der Waals surface area (Å²) in [6.07, 6.45) is -0.968. The lowest BCUT2D eigenvalue weighted by molar-refractivity contribution is -0.137. The summed E-state index contributed by atoms with van der Waals surface area (Å²) in [5, 5.41) is 0. The Morgan fingerprint density at radius 1 is 0.976 bits per heavy atom. The molecule has 7 nitrogen and oxygen atoms in total. The highest BCUT2D eigenvalue weighted by molar-refractivity contribution is 7.89. The van der Waals surface area contributed by atoms with Gasteiger partial charge in [0.1, 0.15) is 11.6 Å². The van der Waals surface area contributed by atoms with Gasteiger partial charge in [0.05, 0.1) is 17.6 Å². The Morgan fingerprint density at radius 3 is 2.33 bits per heavy atom. The molecule has 0 saturated carbocycles. The third kappa shape index (κ3) is 7.75. The number of para-hydroxylation sites is 1. The van der Waals surface area contributed by atoms with Gasteiger partial charge < -0.3 is 9.64 Å². The molecule has 0 aliphatic carbocycles. The molecule has 0 aromatic heterocycles. The van der Waals surface area contributed by atoms with Crippen LogP contribution in [0, 0.1) is 5.82 Å². The number of piperazine rings is 1. The highest BCUT2D eigenvalue weighted by Crippen LogP contribution is 2.31. The number of ether oxygens (including phenoxy) is 1. The summed E-state index contributed by atoms with van der Waals surface area (Å²) in [7, 11) is -2.53. The molecule has 0 bridgehead atoms. The van der Waals surface area contributed by atoms with Gasteiger partial charge in [-0.25, -0.2) is 12.8 Å². The van der Waals surface area contributed by atoms with Crippen LogP contribution in [-0.2, 0) is 16.2 Å². The van der Waals surface area contributed by atoms with E-state index in [4.69, 9.17) is 4.74 Å². The smallest absolute Gasteiger partial charge is 0.416 e. The van der Waals surface area contributed by atoms with E-state index >= 15 is 0 Å². The van der Waals surface area contributed by atoms with Gasteiger partial charge in [-0.2, -0.15) is 17.5 Å². The van der Waals surface area contributed by atoms with Crippen LogP contribution in [0.2, 0.25) is 0 Å². The Bertz CT molecular complexity index is 1500. The van der Waals surface area contributed by atoms with Crippen LogP contribution in [0.4, 0.5) is 17.6 Å². The summed E-state index contributed by atoms with van der Waals surface area (Å²) in [4.78, 5) is 16.5. The summed E-state index contributed by atoms with van der Waals surface area (Å²) < 4.78 is 85.4. The first-order valence-electron chi connectivity index (χ1n) is 13.2. The van der Waals surface area contributed by atoms with Crippen molar-refractivity contribution in [3.8, 4) is 5.75 Å². The number of benzene rings is 3. The molecule has 1 aliphatic rings. The van der Waals surface area contributed by atoms with E-state index in [2.05, 4.69) is 0 Å². The topological polar surface area (TPSA) is 70.2 Å². The number of carbonyl (C=O) groups excluding carboxylic acids is 1. The highest BCUT2D eigenvalue weighted by Gasteiger charge is 2.34. The van der Waals surface area contributed by atoms with Gasteiger partial charge in [0, 0.05) is 56.9 Å². The number of alkyl halides is 3. The molecule has 1 aliphatic heterocycles. The summed E-state index contributed by atoms with van der Waals surface area (Å²) in [5.41, 5.74) is 0.152. The van der Waals surface area contributed by atoms with Crippen LogP contribution in [0.5, 0.6) is 5.75 Å². The van der Waals surface area contributed by atoms with Crippen LogP contribution < -0.4 is 4.74 Å². The van der Waals surface area contributed by atoms with Crippen molar-refractivity contribution >= 4 is 22.0 Å². The number of carbonyl (C=O) groups is 1. The van der Waals surface area contributed by atoms with Crippen LogP contribution in [0.15, 0.2) is 83.8 Å². The molecule has 3 aromatic carbocycles. The average Bonchev–Trinajstić information content (AvgIpc) is 2.99.